The lowest BCUT2D eigenvalue weighted by Crippen LogP contribution is -2.25. The molecule has 1 N–H and O–H groups in total. The van der Waals surface area contributed by atoms with Gasteiger partial charge < -0.3 is 14.1 Å². The van der Waals surface area contributed by atoms with Gasteiger partial charge in [-0.2, -0.15) is 5.10 Å². The maximum atomic E-state index is 12.4. The van der Waals surface area contributed by atoms with E-state index in [9.17, 15) is 9.59 Å². The Kier molecular flexibility index (Phi) is 4.10. The number of carbonyl (C=O) groups is 1. The zero-order valence-corrected chi connectivity index (χ0v) is 13.8. The Morgan fingerprint density at radius 1 is 1.15 bits per heavy atom. The molecular weight excluding hydrogens is 332 g/mol. The number of nitrogens with zero attached hydrogens (tertiary/aromatic N) is 3. The second-order valence-corrected chi connectivity index (χ2v) is 5.86. The second-order valence-electron chi connectivity index (χ2n) is 5.86. The van der Waals surface area contributed by atoms with Crippen LogP contribution in [0.4, 0.5) is 0 Å². The van der Waals surface area contributed by atoms with E-state index in [4.69, 9.17) is 4.42 Å². The summed E-state index contributed by atoms with van der Waals surface area (Å²) in [6.07, 6.45) is 4.93. The van der Waals surface area contributed by atoms with Crippen molar-refractivity contribution >= 4 is 11.4 Å². The largest absolute Gasteiger partial charge is 0.467 e. The number of hydrogen-bond acceptors (Lipinski definition) is 4. The molecule has 0 fully saturated rings. The zero-order valence-electron chi connectivity index (χ0n) is 13.8. The molecule has 26 heavy (non-hydrogen) atoms. The molecule has 0 aliphatic heterocycles. The fourth-order valence-electron chi connectivity index (χ4n) is 2.76. The number of hydrogen-bond donors (Lipinski definition) is 1. The average molecular weight is 348 g/mol. The Labute approximate surface area is 148 Å². The van der Waals surface area contributed by atoms with Crippen molar-refractivity contribution in [2.75, 3.05) is 0 Å². The highest BCUT2D eigenvalue weighted by molar-refractivity contribution is 5.94. The van der Waals surface area contributed by atoms with Crippen molar-refractivity contribution in [3.8, 4) is 0 Å². The number of nitrogens with one attached hydrogen (secondary N) is 1. The Morgan fingerprint density at radius 3 is 2.92 bits per heavy atom. The molecule has 3 aromatic heterocycles. The third-order valence-corrected chi connectivity index (χ3v) is 4.07. The standard InChI is InChI=1S/C19H16N4O3/c24-18(20-11-16-6-3-9-26-16)15-5-1-4-14(10-15)12-23-19(25)17-7-2-8-22(17)13-21-23/h1-10,13H,11-12H2,(H,20,24). The minimum Gasteiger partial charge on any atom is -0.467 e. The number of carbonyl (C=O) groups excluding carboxylic acids is 1. The minimum absolute atomic E-state index is 0.176. The number of amides is 1. The summed E-state index contributed by atoms with van der Waals surface area (Å²) in [5.74, 6) is 0.483. The molecule has 3 heterocycles. The van der Waals surface area contributed by atoms with Crippen LogP contribution < -0.4 is 10.9 Å². The van der Waals surface area contributed by atoms with E-state index < -0.39 is 0 Å². The summed E-state index contributed by atoms with van der Waals surface area (Å²) in [7, 11) is 0. The van der Waals surface area contributed by atoms with E-state index in [1.165, 1.54) is 4.68 Å². The Hall–Kier alpha value is -3.61. The molecular formula is C19H16N4O3. The molecule has 4 rings (SSSR count). The number of rotatable bonds is 5. The molecule has 0 aliphatic rings. The molecule has 0 aliphatic carbocycles. The highest BCUT2D eigenvalue weighted by Gasteiger charge is 2.09. The van der Waals surface area contributed by atoms with Gasteiger partial charge in [0.2, 0.25) is 0 Å². The Bertz CT molecular complexity index is 1110. The summed E-state index contributed by atoms with van der Waals surface area (Å²) in [5.41, 5.74) is 1.73. The molecule has 7 heteroatoms. The predicted molar refractivity (Wildman–Crippen MR) is 94.9 cm³/mol. The van der Waals surface area contributed by atoms with Gasteiger partial charge >= 0.3 is 0 Å². The van der Waals surface area contributed by atoms with Crippen molar-refractivity contribution in [1.29, 1.82) is 0 Å². The normalized spacial score (nSPS) is 10.9. The fourth-order valence-corrected chi connectivity index (χ4v) is 2.76. The molecule has 0 radical (unpaired) electrons. The van der Waals surface area contributed by atoms with E-state index in [1.54, 1.807) is 65.7 Å². The maximum Gasteiger partial charge on any atom is 0.291 e. The van der Waals surface area contributed by atoms with Crippen molar-refractivity contribution < 1.29 is 9.21 Å². The molecule has 130 valence electrons. The molecule has 0 bridgehead atoms. The first-order valence-corrected chi connectivity index (χ1v) is 8.13. The fraction of sp³-hybridized carbons (Fsp3) is 0.105. The zero-order chi connectivity index (χ0) is 17.9. The van der Waals surface area contributed by atoms with Gasteiger partial charge in [-0.15, -0.1) is 0 Å². The average Bonchev–Trinajstić information content (AvgIpc) is 3.34. The van der Waals surface area contributed by atoms with Crippen LogP contribution in [0.2, 0.25) is 0 Å². The maximum absolute atomic E-state index is 12.4. The molecule has 7 nitrogen and oxygen atoms in total. The van der Waals surface area contributed by atoms with Crippen LogP contribution in [-0.2, 0) is 13.1 Å². The summed E-state index contributed by atoms with van der Waals surface area (Å²) >= 11 is 0. The van der Waals surface area contributed by atoms with E-state index in [2.05, 4.69) is 10.4 Å². The first-order chi connectivity index (χ1) is 12.7. The van der Waals surface area contributed by atoms with Crippen LogP contribution in [0.5, 0.6) is 0 Å². The van der Waals surface area contributed by atoms with Crippen molar-refractivity contribution in [3.63, 3.8) is 0 Å². The monoisotopic (exact) mass is 348 g/mol. The van der Waals surface area contributed by atoms with Gasteiger partial charge in [-0.3, -0.25) is 9.59 Å². The van der Waals surface area contributed by atoms with Crippen molar-refractivity contribution in [2.24, 2.45) is 0 Å². The summed E-state index contributed by atoms with van der Waals surface area (Å²) in [6.45, 7) is 0.613. The highest BCUT2D eigenvalue weighted by Crippen LogP contribution is 2.08. The summed E-state index contributed by atoms with van der Waals surface area (Å²) in [6, 6.07) is 14.3. The second kappa shape index (κ2) is 6.72. The summed E-state index contributed by atoms with van der Waals surface area (Å²) < 4.78 is 8.26. The molecule has 4 aromatic rings. The number of aromatic nitrogens is 3. The van der Waals surface area contributed by atoms with Crippen LogP contribution in [0.1, 0.15) is 21.7 Å². The lowest BCUT2D eigenvalue weighted by atomic mass is 10.1. The van der Waals surface area contributed by atoms with Gasteiger partial charge in [0.1, 0.15) is 17.6 Å². The van der Waals surface area contributed by atoms with Crippen molar-refractivity contribution in [1.82, 2.24) is 19.5 Å². The van der Waals surface area contributed by atoms with E-state index >= 15 is 0 Å². The summed E-state index contributed by atoms with van der Waals surface area (Å²) in [4.78, 5) is 24.7. The number of furan rings is 1. The van der Waals surface area contributed by atoms with Crippen LogP contribution in [-0.4, -0.2) is 20.1 Å². The molecule has 0 spiro atoms. The lowest BCUT2D eigenvalue weighted by molar-refractivity contribution is 0.0948. The van der Waals surface area contributed by atoms with Gasteiger partial charge in [-0.05, 0) is 42.0 Å². The van der Waals surface area contributed by atoms with E-state index in [0.29, 0.717) is 29.9 Å². The smallest absolute Gasteiger partial charge is 0.291 e. The van der Waals surface area contributed by atoms with E-state index in [0.717, 1.165) is 5.56 Å². The van der Waals surface area contributed by atoms with Crippen molar-refractivity contribution in [3.05, 3.63) is 94.6 Å². The lowest BCUT2D eigenvalue weighted by Gasteiger charge is -2.08. The van der Waals surface area contributed by atoms with E-state index in [1.807, 2.05) is 6.07 Å². The number of benzene rings is 1. The third-order valence-electron chi connectivity index (χ3n) is 4.07. The van der Waals surface area contributed by atoms with Gasteiger partial charge in [0.05, 0.1) is 19.4 Å². The first kappa shape index (κ1) is 15.9. The minimum atomic E-state index is -0.203. The van der Waals surface area contributed by atoms with Crippen LogP contribution >= 0.6 is 0 Å². The molecule has 1 amide bonds. The molecule has 0 saturated heterocycles. The molecule has 1 aromatic carbocycles. The Balaban J connectivity index is 1.52. The van der Waals surface area contributed by atoms with Crippen LogP contribution in [0.15, 0.2) is 76.5 Å². The topological polar surface area (TPSA) is 81.5 Å². The Morgan fingerprint density at radius 2 is 2.08 bits per heavy atom. The molecule has 0 saturated carbocycles. The predicted octanol–water partition coefficient (Wildman–Crippen LogP) is 2.07. The van der Waals surface area contributed by atoms with E-state index in [-0.39, 0.29) is 11.5 Å². The quantitative estimate of drug-likeness (QED) is 0.599. The molecule has 0 unspecified atom stereocenters. The number of fused-ring (bicyclic) bond motifs is 1. The van der Waals surface area contributed by atoms with Crippen LogP contribution in [0.3, 0.4) is 0 Å². The molecule has 0 atom stereocenters. The third kappa shape index (κ3) is 3.14. The van der Waals surface area contributed by atoms with Crippen LogP contribution in [0.25, 0.3) is 5.52 Å². The van der Waals surface area contributed by atoms with Gasteiger partial charge in [0.15, 0.2) is 0 Å². The van der Waals surface area contributed by atoms with Gasteiger partial charge in [-0.1, -0.05) is 12.1 Å². The first-order valence-electron chi connectivity index (χ1n) is 8.13. The van der Waals surface area contributed by atoms with Gasteiger partial charge in [-0.25, -0.2) is 4.68 Å². The van der Waals surface area contributed by atoms with Gasteiger partial charge in [0, 0.05) is 11.8 Å². The van der Waals surface area contributed by atoms with Crippen molar-refractivity contribution in [2.45, 2.75) is 13.1 Å². The summed E-state index contributed by atoms with van der Waals surface area (Å²) in [5, 5.41) is 6.98. The SMILES string of the molecule is O=C(NCc1ccco1)c1cccc(Cn2ncn3cccc3c2=O)c1. The van der Waals surface area contributed by atoms with Gasteiger partial charge in [0.25, 0.3) is 11.5 Å². The highest BCUT2D eigenvalue weighted by atomic mass is 16.3. The van der Waals surface area contributed by atoms with Crippen LogP contribution in [0, 0.1) is 0 Å².